The summed E-state index contributed by atoms with van der Waals surface area (Å²) in [6.45, 7) is 1.99. The fraction of sp³-hybridized carbons (Fsp3) is 0.136. The van der Waals surface area contributed by atoms with Crippen molar-refractivity contribution >= 4 is 22.8 Å². The average molecular weight is 344 g/mol. The first-order chi connectivity index (χ1) is 12.2. The number of fused-ring (bicyclic) bond motifs is 1. The molecule has 1 heterocycles. The SMILES string of the molecule is CSCc1ccc(-c2ccc(-c3ccc4nc(C)[nH]c4c3)cc2)cc1. The number of aromatic nitrogens is 2. The first kappa shape index (κ1) is 16.0. The van der Waals surface area contributed by atoms with Crippen LogP contribution in [0.15, 0.2) is 66.7 Å². The Labute approximate surface area is 152 Å². The summed E-state index contributed by atoms with van der Waals surface area (Å²) in [5, 5.41) is 0. The minimum Gasteiger partial charge on any atom is -0.342 e. The Hall–Kier alpha value is -2.52. The molecule has 0 saturated carbocycles. The minimum absolute atomic E-state index is 0.951. The number of aryl methyl sites for hydroxylation is 1. The lowest BCUT2D eigenvalue weighted by Crippen LogP contribution is -1.83. The van der Waals surface area contributed by atoms with E-state index in [1.54, 1.807) is 0 Å². The van der Waals surface area contributed by atoms with Gasteiger partial charge in [-0.2, -0.15) is 11.8 Å². The Kier molecular flexibility index (Phi) is 4.33. The highest BCUT2D eigenvalue weighted by atomic mass is 32.2. The molecule has 0 saturated heterocycles. The van der Waals surface area contributed by atoms with Gasteiger partial charge in [0.05, 0.1) is 11.0 Å². The first-order valence-corrected chi connectivity index (χ1v) is 9.77. The van der Waals surface area contributed by atoms with Gasteiger partial charge >= 0.3 is 0 Å². The zero-order valence-corrected chi connectivity index (χ0v) is 15.2. The fourth-order valence-electron chi connectivity index (χ4n) is 3.13. The standard InChI is InChI=1S/C22H20N2S/c1-15-23-21-12-11-20(13-22(21)24-15)19-9-7-18(8-10-19)17-5-3-16(4-6-17)14-25-2/h3-13H,14H2,1-2H3,(H,23,24). The van der Waals surface area contributed by atoms with Gasteiger partial charge in [0.1, 0.15) is 5.82 Å². The molecule has 3 aromatic carbocycles. The van der Waals surface area contributed by atoms with Crippen LogP contribution >= 0.6 is 11.8 Å². The molecule has 0 amide bonds. The number of rotatable bonds is 4. The van der Waals surface area contributed by atoms with Gasteiger partial charge in [0, 0.05) is 5.75 Å². The second-order valence-electron chi connectivity index (χ2n) is 6.26. The number of imidazole rings is 1. The van der Waals surface area contributed by atoms with E-state index in [-0.39, 0.29) is 0 Å². The van der Waals surface area contributed by atoms with E-state index in [1.165, 1.54) is 27.8 Å². The molecular weight excluding hydrogens is 324 g/mol. The van der Waals surface area contributed by atoms with Gasteiger partial charge in [-0.1, -0.05) is 54.6 Å². The Morgan fingerprint density at radius 2 is 1.36 bits per heavy atom. The van der Waals surface area contributed by atoms with Gasteiger partial charge < -0.3 is 4.98 Å². The van der Waals surface area contributed by atoms with Crippen LogP contribution in [0.25, 0.3) is 33.3 Å². The smallest absolute Gasteiger partial charge is 0.104 e. The van der Waals surface area contributed by atoms with Crippen LogP contribution < -0.4 is 0 Å². The van der Waals surface area contributed by atoms with Gasteiger partial charge in [0.25, 0.3) is 0 Å². The number of thioether (sulfide) groups is 1. The van der Waals surface area contributed by atoms with Crippen molar-refractivity contribution in [2.45, 2.75) is 12.7 Å². The maximum Gasteiger partial charge on any atom is 0.104 e. The second-order valence-corrected chi connectivity index (χ2v) is 7.13. The lowest BCUT2D eigenvalue weighted by atomic mass is 9.99. The van der Waals surface area contributed by atoms with Crippen molar-refractivity contribution in [2.75, 3.05) is 6.26 Å². The molecular formula is C22H20N2S. The number of aromatic amines is 1. The fourth-order valence-corrected chi connectivity index (χ4v) is 3.66. The summed E-state index contributed by atoms with van der Waals surface area (Å²) in [4.78, 5) is 7.77. The predicted octanol–water partition coefficient (Wildman–Crippen LogP) is 6.07. The van der Waals surface area contributed by atoms with Gasteiger partial charge in [-0.15, -0.1) is 0 Å². The molecule has 2 nitrogen and oxygen atoms in total. The van der Waals surface area contributed by atoms with Gasteiger partial charge in [-0.25, -0.2) is 4.98 Å². The number of hydrogen-bond acceptors (Lipinski definition) is 2. The molecule has 0 radical (unpaired) electrons. The molecule has 0 bridgehead atoms. The molecule has 0 spiro atoms. The van der Waals surface area contributed by atoms with Crippen LogP contribution in [0.2, 0.25) is 0 Å². The van der Waals surface area contributed by atoms with Gasteiger partial charge in [-0.3, -0.25) is 0 Å². The molecule has 4 rings (SSSR count). The van der Waals surface area contributed by atoms with Crippen molar-refractivity contribution in [3.63, 3.8) is 0 Å². The van der Waals surface area contributed by atoms with Crippen LogP contribution in [0.1, 0.15) is 11.4 Å². The monoisotopic (exact) mass is 344 g/mol. The molecule has 4 aromatic rings. The highest BCUT2D eigenvalue weighted by Gasteiger charge is 2.04. The number of hydrogen-bond donors (Lipinski definition) is 1. The van der Waals surface area contributed by atoms with E-state index in [2.05, 4.69) is 83.0 Å². The molecule has 0 atom stereocenters. The molecule has 0 aliphatic carbocycles. The van der Waals surface area contributed by atoms with Crippen molar-refractivity contribution in [1.82, 2.24) is 9.97 Å². The predicted molar refractivity (Wildman–Crippen MR) is 109 cm³/mol. The zero-order chi connectivity index (χ0) is 17.2. The average Bonchev–Trinajstić information content (AvgIpc) is 3.02. The molecule has 3 heteroatoms. The van der Waals surface area contributed by atoms with E-state index in [4.69, 9.17) is 0 Å². The summed E-state index contributed by atoms with van der Waals surface area (Å²) in [6, 6.07) is 24.0. The van der Waals surface area contributed by atoms with Crippen molar-refractivity contribution < 1.29 is 0 Å². The Balaban J connectivity index is 1.62. The third-order valence-corrected chi connectivity index (χ3v) is 5.04. The molecule has 0 aliphatic heterocycles. The maximum atomic E-state index is 4.46. The zero-order valence-electron chi connectivity index (χ0n) is 14.4. The molecule has 1 aromatic heterocycles. The number of benzene rings is 3. The van der Waals surface area contributed by atoms with Crippen molar-refractivity contribution in [3.05, 3.63) is 78.1 Å². The summed E-state index contributed by atoms with van der Waals surface area (Å²) in [5.74, 6) is 2.02. The van der Waals surface area contributed by atoms with Gasteiger partial charge in [0.2, 0.25) is 0 Å². The molecule has 1 N–H and O–H groups in total. The van der Waals surface area contributed by atoms with Crippen LogP contribution in [-0.2, 0) is 5.75 Å². The number of nitrogens with zero attached hydrogens (tertiary/aromatic N) is 1. The third-order valence-electron chi connectivity index (χ3n) is 4.42. The summed E-state index contributed by atoms with van der Waals surface area (Å²) in [5.41, 5.74) is 8.41. The number of H-pyrrole nitrogens is 1. The lowest BCUT2D eigenvalue weighted by molar-refractivity contribution is 1.17. The highest BCUT2D eigenvalue weighted by Crippen LogP contribution is 2.27. The van der Waals surface area contributed by atoms with E-state index in [1.807, 2.05) is 18.7 Å². The quantitative estimate of drug-likeness (QED) is 0.487. The summed E-state index contributed by atoms with van der Waals surface area (Å²) >= 11 is 1.85. The molecule has 25 heavy (non-hydrogen) atoms. The largest absolute Gasteiger partial charge is 0.342 e. The van der Waals surface area contributed by atoms with E-state index in [0.717, 1.165) is 22.6 Å². The highest BCUT2D eigenvalue weighted by molar-refractivity contribution is 7.97. The van der Waals surface area contributed by atoms with Crippen LogP contribution in [-0.4, -0.2) is 16.2 Å². The topological polar surface area (TPSA) is 28.7 Å². The number of nitrogens with one attached hydrogen (secondary N) is 1. The van der Waals surface area contributed by atoms with Crippen LogP contribution in [0.4, 0.5) is 0 Å². The second kappa shape index (κ2) is 6.77. The van der Waals surface area contributed by atoms with Gasteiger partial charge in [0.15, 0.2) is 0 Å². The Bertz CT molecular complexity index is 999. The molecule has 0 fully saturated rings. The summed E-state index contributed by atoms with van der Waals surface area (Å²) in [6.07, 6.45) is 2.13. The van der Waals surface area contributed by atoms with E-state index < -0.39 is 0 Å². The maximum absolute atomic E-state index is 4.46. The van der Waals surface area contributed by atoms with Crippen molar-refractivity contribution in [2.24, 2.45) is 0 Å². The Morgan fingerprint density at radius 1 is 0.800 bits per heavy atom. The van der Waals surface area contributed by atoms with Crippen LogP contribution in [0.5, 0.6) is 0 Å². The summed E-state index contributed by atoms with van der Waals surface area (Å²) < 4.78 is 0. The van der Waals surface area contributed by atoms with Crippen LogP contribution in [0.3, 0.4) is 0 Å². The lowest BCUT2D eigenvalue weighted by Gasteiger charge is -2.06. The van der Waals surface area contributed by atoms with Crippen molar-refractivity contribution in [3.8, 4) is 22.3 Å². The van der Waals surface area contributed by atoms with E-state index in [9.17, 15) is 0 Å². The normalized spacial score (nSPS) is 11.1. The van der Waals surface area contributed by atoms with E-state index >= 15 is 0 Å². The molecule has 0 unspecified atom stereocenters. The minimum atomic E-state index is 0.951. The van der Waals surface area contributed by atoms with Crippen molar-refractivity contribution in [1.29, 1.82) is 0 Å². The third kappa shape index (κ3) is 3.33. The molecule has 0 aliphatic rings. The first-order valence-electron chi connectivity index (χ1n) is 8.38. The van der Waals surface area contributed by atoms with Crippen LogP contribution in [0, 0.1) is 6.92 Å². The van der Waals surface area contributed by atoms with Gasteiger partial charge in [-0.05, 0) is 53.1 Å². The summed E-state index contributed by atoms with van der Waals surface area (Å²) in [7, 11) is 0. The van der Waals surface area contributed by atoms with E-state index in [0.29, 0.717) is 0 Å². The Morgan fingerprint density at radius 3 is 2.00 bits per heavy atom. The molecule has 124 valence electrons.